The summed E-state index contributed by atoms with van der Waals surface area (Å²) in [6.07, 6.45) is 1.42. The molecule has 1 fully saturated rings. The number of carboxylic acids is 1. The Labute approximate surface area is 90.1 Å². The fourth-order valence-electron chi connectivity index (χ4n) is 1.37. The van der Waals surface area contributed by atoms with Crippen LogP contribution in [0.2, 0.25) is 0 Å². The standard InChI is InChI=1S/C9H17NO4S/c1-3-10(6-7(2)9(11)12)15(13,14)8-4-5-8/h7-8H,3-6H2,1-2H3,(H,11,12). The quantitative estimate of drug-likeness (QED) is 0.728. The molecule has 0 bridgehead atoms. The van der Waals surface area contributed by atoms with Gasteiger partial charge in [0, 0.05) is 13.1 Å². The average molecular weight is 235 g/mol. The fourth-order valence-corrected chi connectivity index (χ4v) is 3.32. The summed E-state index contributed by atoms with van der Waals surface area (Å²) in [5.41, 5.74) is 0. The summed E-state index contributed by atoms with van der Waals surface area (Å²) in [6.45, 7) is 3.67. The van der Waals surface area contributed by atoms with Crippen molar-refractivity contribution in [3.8, 4) is 0 Å². The number of carboxylic acid groups (broad SMARTS) is 1. The van der Waals surface area contributed by atoms with Crippen LogP contribution in [0.15, 0.2) is 0 Å². The highest BCUT2D eigenvalue weighted by atomic mass is 32.2. The van der Waals surface area contributed by atoms with E-state index in [1.165, 1.54) is 11.2 Å². The lowest BCUT2D eigenvalue weighted by atomic mass is 10.2. The molecule has 0 spiro atoms. The Bertz CT molecular complexity index is 334. The van der Waals surface area contributed by atoms with Crippen LogP contribution in [0.3, 0.4) is 0 Å². The normalized spacial score (nSPS) is 19.1. The highest BCUT2D eigenvalue weighted by molar-refractivity contribution is 7.90. The van der Waals surface area contributed by atoms with Crippen LogP contribution in [0.4, 0.5) is 0 Å². The van der Waals surface area contributed by atoms with Gasteiger partial charge in [-0.25, -0.2) is 12.7 Å². The Hall–Kier alpha value is -0.620. The van der Waals surface area contributed by atoms with E-state index in [9.17, 15) is 13.2 Å². The van der Waals surface area contributed by atoms with Crippen molar-refractivity contribution >= 4 is 16.0 Å². The number of nitrogens with zero attached hydrogens (tertiary/aromatic N) is 1. The molecule has 1 aliphatic carbocycles. The molecule has 6 heteroatoms. The number of sulfonamides is 1. The van der Waals surface area contributed by atoms with E-state index in [1.54, 1.807) is 6.92 Å². The maximum atomic E-state index is 11.8. The van der Waals surface area contributed by atoms with Crippen LogP contribution >= 0.6 is 0 Å². The van der Waals surface area contributed by atoms with Gasteiger partial charge < -0.3 is 5.11 Å². The molecule has 0 heterocycles. The monoisotopic (exact) mass is 235 g/mol. The largest absolute Gasteiger partial charge is 0.481 e. The van der Waals surface area contributed by atoms with Gasteiger partial charge in [-0.05, 0) is 12.8 Å². The minimum Gasteiger partial charge on any atom is -0.481 e. The smallest absolute Gasteiger partial charge is 0.307 e. The lowest BCUT2D eigenvalue weighted by molar-refractivity contribution is -0.141. The highest BCUT2D eigenvalue weighted by Crippen LogP contribution is 2.31. The molecule has 1 N–H and O–H groups in total. The van der Waals surface area contributed by atoms with E-state index in [0.29, 0.717) is 19.4 Å². The average Bonchev–Trinajstić information content (AvgIpc) is 2.95. The molecule has 0 aromatic heterocycles. The first kappa shape index (κ1) is 12.4. The Kier molecular flexibility index (Phi) is 3.72. The van der Waals surface area contributed by atoms with Crippen LogP contribution in [-0.4, -0.2) is 42.1 Å². The van der Waals surface area contributed by atoms with Gasteiger partial charge >= 0.3 is 5.97 Å². The van der Waals surface area contributed by atoms with Crippen LogP contribution < -0.4 is 0 Å². The van der Waals surface area contributed by atoms with Gasteiger partial charge in [0.1, 0.15) is 0 Å². The van der Waals surface area contributed by atoms with Crippen LogP contribution in [0.5, 0.6) is 0 Å². The first-order valence-corrected chi connectivity index (χ1v) is 6.61. The van der Waals surface area contributed by atoms with Crippen LogP contribution in [0.25, 0.3) is 0 Å². The van der Waals surface area contributed by atoms with Crippen molar-refractivity contribution in [2.45, 2.75) is 31.9 Å². The number of hydrogen-bond donors (Lipinski definition) is 1. The second-order valence-electron chi connectivity index (χ2n) is 3.93. The van der Waals surface area contributed by atoms with Gasteiger partial charge in [-0.3, -0.25) is 4.79 Å². The molecule has 15 heavy (non-hydrogen) atoms. The van der Waals surface area contributed by atoms with E-state index in [1.807, 2.05) is 0 Å². The summed E-state index contributed by atoms with van der Waals surface area (Å²) < 4.78 is 24.9. The molecule has 1 aliphatic rings. The summed E-state index contributed by atoms with van der Waals surface area (Å²) >= 11 is 0. The molecule has 0 saturated heterocycles. The molecular weight excluding hydrogens is 218 g/mol. The molecule has 5 nitrogen and oxygen atoms in total. The first-order chi connectivity index (χ1) is 6.89. The van der Waals surface area contributed by atoms with E-state index in [-0.39, 0.29) is 11.8 Å². The summed E-state index contributed by atoms with van der Waals surface area (Å²) in [6, 6.07) is 0. The maximum Gasteiger partial charge on any atom is 0.307 e. The van der Waals surface area contributed by atoms with Gasteiger partial charge in [0.25, 0.3) is 0 Å². The molecule has 1 saturated carbocycles. The van der Waals surface area contributed by atoms with Crippen LogP contribution in [0, 0.1) is 5.92 Å². The molecule has 0 aliphatic heterocycles. The lowest BCUT2D eigenvalue weighted by Gasteiger charge is -2.22. The van der Waals surface area contributed by atoms with E-state index in [4.69, 9.17) is 5.11 Å². The lowest BCUT2D eigenvalue weighted by Crippen LogP contribution is -2.38. The molecule has 0 aromatic rings. The molecule has 0 radical (unpaired) electrons. The molecule has 1 rings (SSSR count). The summed E-state index contributed by atoms with van der Waals surface area (Å²) in [7, 11) is -3.24. The van der Waals surface area contributed by atoms with Crippen molar-refractivity contribution < 1.29 is 18.3 Å². The molecule has 88 valence electrons. The zero-order valence-corrected chi connectivity index (χ0v) is 9.83. The molecule has 0 amide bonds. The van der Waals surface area contributed by atoms with Crippen molar-refractivity contribution in [3.63, 3.8) is 0 Å². The zero-order chi connectivity index (χ0) is 11.6. The third-order valence-corrected chi connectivity index (χ3v) is 5.00. The van der Waals surface area contributed by atoms with E-state index < -0.39 is 21.9 Å². The Morgan fingerprint density at radius 2 is 2.07 bits per heavy atom. The number of rotatable bonds is 6. The van der Waals surface area contributed by atoms with Gasteiger partial charge in [0.05, 0.1) is 11.2 Å². The molecular formula is C9H17NO4S. The van der Waals surface area contributed by atoms with Gasteiger partial charge in [0.15, 0.2) is 0 Å². The second kappa shape index (κ2) is 4.49. The molecule has 1 unspecified atom stereocenters. The molecule has 0 aromatic carbocycles. The van der Waals surface area contributed by atoms with Gasteiger partial charge in [0.2, 0.25) is 10.0 Å². The maximum absolute atomic E-state index is 11.8. The fraction of sp³-hybridized carbons (Fsp3) is 0.889. The van der Waals surface area contributed by atoms with E-state index in [0.717, 1.165) is 0 Å². The van der Waals surface area contributed by atoms with E-state index >= 15 is 0 Å². The van der Waals surface area contributed by atoms with Crippen molar-refractivity contribution in [3.05, 3.63) is 0 Å². The Morgan fingerprint density at radius 3 is 2.40 bits per heavy atom. The summed E-state index contributed by atoms with van der Waals surface area (Å²) in [5, 5.41) is 8.46. The van der Waals surface area contributed by atoms with Crippen LogP contribution in [-0.2, 0) is 14.8 Å². The zero-order valence-electron chi connectivity index (χ0n) is 9.01. The van der Waals surface area contributed by atoms with Crippen molar-refractivity contribution in [2.24, 2.45) is 5.92 Å². The first-order valence-electron chi connectivity index (χ1n) is 5.11. The Morgan fingerprint density at radius 1 is 1.53 bits per heavy atom. The predicted octanol–water partition coefficient (Wildman–Crippen LogP) is 0.521. The summed E-state index contributed by atoms with van der Waals surface area (Å²) in [5.74, 6) is -1.61. The number of aliphatic carboxylic acids is 1. The minimum atomic E-state index is -3.24. The minimum absolute atomic E-state index is 0.0741. The number of carbonyl (C=O) groups is 1. The van der Waals surface area contributed by atoms with Crippen molar-refractivity contribution in [2.75, 3.05) is 13.1 Å². The van der Waals surface area contributed by atoms with Crippen molar-refractivity contribution in [1.82, 2.24) is 4.31 Å². The third-order valence-electron chi connectivity index (χ3n) is 2.56. The topological polar surface area (TPSA) is 74.7 Å². The van der Waals surface area contributed by atoms with Gasteiger partial charge in [-0.1, -0.05) is 13.8 Å². The summed E-state index contributed by atoms with van der Waals surface area (Å²) in [4.78, 5) is 10.6. The Balaban J connectivity index is 2.67. The van der Waals surface area contributed by atoms with Gasteiger partial charge in [-0.15, -0.1) is 0 Å². The van der Waals surface area contributed by atoms with E-state index in [2.05, 4.69) is 0 Å². The SMILES string of the molecule is CCN(CC(C)C(=O)O)S(=O)(=O)C1CC1. The van der Waals surface area contributed by atoms with Gasteiger partial charge in [-0.2, -0.15) is 0 Å². The highest BCUT2D eigenvalue weighted by Gasteiger charge is 2.40. The third kappa shape index (κ3) is 2.92. The predicted molar refractivity (Wildman–Crippen MR) is 56.0 cm³/mol. The molecule has 1 atom stereocenters. The second-order valence-corrected chi connectivity index (χ2v) is 6.15. The van der Waals surface area contributed by atoms with Crippen LogP contribution in [0.1, 0.15) is 26.7 Å². The number of hydrogen-bond acceptors (Lipinski definition) is 3. The van der Waals surface area contributed by atoms with Crippen molar-refractivity contribution in [1.29, 1.82) is 0 Å².